The number of nitrogen functional groups attached to an aromatic ring is 1. The Hall–Kier alpha value is -1.79. The van der Waals surface area contributed by atoms with Crippen LogP contribution in [0.1, 0.15) is 15.9 Å². The topological polar surface area (TPSA) is 43.1 Å². The van der Waals surface area contributed by atoms with Gasteiger partial charge < -0.3 is 5.73 Å². The third kappa shape index (κ3) is 2.34. The van der Waals surface area contributed by atoms with E-state index in [1.807, 2.05) is 12.1 Å². The first-order chi connectivity index (χ1) is 9.99. The molecule has 1 heterocycles. The van der Waals surface area contributed by atoms with Crippen LogP contribution in [0.25, 0.3) is 10.1 Å². The van der Waals surface area contributed by atoms with Gasteiger partial charge in [-0.05, 0) is 28.1 Å². The number of anilines is 1. The van der Waals surface area contributed by atoms with Crippen molar-refractivity contribution in [3.63, 3.8) is 0 Å². The van der Waals surface area contributed by atoms with Crippen LogP contribution in [-0.2, 0) is 0 Å². The van der Waals surface area contributed by atoms with E-state index in [-0.39, 0.29) is 11.3 Å². The number of carbonyl (C=O) groups is 1. The Bertz CT molecular complexity index is 875. The molecule has 0 bridgehead atoms. The Balaban J connectivity index is 2.18. The molecule has 0 atom stereocenters. The summed E-state index contributed by atoms with van der Waals surface area (Å²) in [5.74, 6) is -2.58. The number of halogens is 3. The first kappa shape index (κ1) is 14.2. The number of fused-ring (bicyclic) bond motifs is 1. The van der Waals surface area contributed by atoms with E-state index in [1.165, 1.54) is 11.3 Å². The summed E-state index contributed by atoms with van der Waals surface area (Å²) in [7, 11) is 0. The van der Waals surface area contributed by atoms with Gasteiger partial charge in [0.25, 0.3) is 0 Å². The summed E-state index contributed by atoms with van der Waals surface area (Å²) in [6.07, 6.45) is 0. The second-order valence-corrected chi connectivity index (χ2v) is 6.18. The van der Waals surface area contributed by atoms with Crippen LogP contribution < -0.4 is 5.73 Å². The number of carbonyl (C=O) groups excluding carboxylic acids is 1. The summed E-state index contributed by atoms with van der Waals surface area (Å²) in [4.78, 5) is 12.5. The second-order valence-electron chi connectivity index (χ2n) is 4.45. The minimum Gasteiger partial charge on any atom is -0.398 e. The summed E-state index contributed by atoms with van der Waals surface area (Å²) in [5.41, 5.74) is 5.95. The number of hydrogen-bond acceptors (Lipinski definition) is 3. The Morgan fingerprint density at radius 3 is 2.62 bits per heavy atom. The molecule has 6 heteroatoms. The van der Waals surface area contributed by atoms with Crippen molar-refractivity contribution in [1.29, 1.82) is 0 Å². The smallest absolute Gasteiger partial charge is 0.196 e. The number of rotatable bonds is 2. The van der Waals surface area contributed by atoms with E-state index in [4.69, 9.17) is 5.73 Å². The molecule has 0 fully saturated rings. The molecule has 3 aromatic rings. The van der Waals surface area contributed by atoms with Crippen molar-refractivity contribution in [2.24, 2.45) is 0 Å². The molecule has 3 rings (SSSR count). The molecular formula is C15H8BrF2NOS. The minimum absolute atomic E-state index is 0.0337. The first-order valence-corrected chi connectivity index (χ1v) is 7.61. The zero-order chi connectivity index (χ0) is 15.1. The highest BCUT2D eigenvalue weighted by atomic mass is 79.9. The lowest BCUT2D eigenvalue weighted by atomic mass is 10.0. The van der Waals surface area contributed by atoms with Gasteiger partial charge in [0.15, 0.2) is 17.4 Å². The number of ketones is 1. The summed E-state index contributed by atoms with van der Waals surface area (Å²) in [6, 6.07) is 7.16. The molecule has 0 unspecified atom stereocenters. The van der Waals surface area contributed by atoms with Crippen LogP contribution in [0.4, 0.5) is 14.5 Å². The lowest BCUT2D eigenvalue weighted by molar-refractivity contribution is 0.104. The fraction of sp³-hybridized carbons (Fsp3) is 0. The predicted molar refractivity (Wildman–Crippen MR) is 83.7 cm³/mol. The van der Waals surface area contributed by atoms with E-state index in [2.05, 4.69) is 15.9 Å². The molecule has 0 aliphatic heterocycles. The molecule has 21 heavy (non-hydrogen) atoms. The van der Waals surface area contributed by atoms with Crippen LogP contribution in [0, 0.1) is 11.6 Å². The largest absolute Gasteiger partial charge is 0.398 e. The molecule has 106 valence electrons. The number of hydrogen-bond donors (Lipinski definition) is 1. The molecular weight excluding hydrogens is 360 g/mol. The van der Waals surface area contributed by atoms with Crippen LogP contribution in [0.15, 0.2) is 40.2 Å². The van der Waals surface area contributed by atoms with E-state index in [9.17, 15) is 13.6 Å². The van der Waals surface area contributed by atoms with Gasteiger partial charge in [-0.15, -0.1) is 11.3 Å². The lowest BCUT2D eigenvalue weighted by Gasteiger charge is -2.05. The monoisotopic (exact) mass is 367 g/mol. The average Bonchev–Trinajstić information content (AvgIpc) is 2.87. The van der Waals surface area contributed by atoms with Gasteiger partial charge in [-0.3, -0.25) is 4.79 Å². The van der Waals surface area contributed by atoms with E-state index >= 15 is 0 Å². The summed E-state index contributed by atoms with van der Waals surface area (Å²) < 4.78 is 28.2. The van der Waals surface area contributed by atoms with Crippen molar-refractivity contribution in [1.82, 2.24) is 0 Å². The lowest BCUT2D eigenvalue weighted by Crippen LogP contribution is -2.06. The van der Waals surface area contributed by atoms with Crippen LogP contribution in [-0.4, -0.2) is 5.78 Å². The summed E-state index contributed by atoms with van der Waals surface area (Å²) >= 11 is 4.82. The van der Waals surface area contributed by atoms with Crippen molar-refractivity contribution in [3.05, 3.63) is 62.9 Å². The summed E-state index contributed by atoms with van der Waals surface area (Å²) in [5, 5.41) is 2.45. The molecule has 2 N–H and O–H groups in total. The molecule has 0 spiro atoms. The van der Waals surface area contributed by atoms with Gasteiger partial charge in [0, 0.05) is 42.8 Å². The Labute approximate surface area is 131 Å². The van der Waals surface area contributed by atoms with Gasteiger partial charge in [0.1, 0.15) is 0 Å². The van der Waals surface area contributed by atoms with Gasteiger partial charge in [-0.2, -0.15) is 0 Å². The highest BCUT2D eigenvalue weighted by Gasteiger charge is 2.19. The summed E-state index contributed by atoms with van der Waals surface area (Å²) in [6.45, 7) is 0. The van der Waals surface area contributed by atoms with Crippen molar-refractivity contribution < 1.29 is 13.6 Å². The standard InChI is InChI=1S/C15H8BrF2NOS/c16-10-3-1-2-7-9(6-21-15(7)10)14(20)8-4-11(17)12(18)5-13(8)19/h1-6H,19H2. The predicted octanol–water partition coefficient (Wildman–Crippen LogP) is 4.76. The van der Waals surface area contributed by atoms with Crippen LogP contribution in [0.2, 0.25) is 0 Å². The van der Waals surface area contributed by atoms with Gasteiger partial charge in [0.05, 0.1) is 0 Å². The Morgan fingerprint density at radius 1 is 1.14 bits per heavy atom. The third-order valence-electron chi connectivity index (χ3n) is 3.13. The first-order valence-electron chi connectivity index (χ1n) is 5.94. The van der Waals surface area contributed by atoms with Gasteiger partial charge >= 0.3 is 0 Å². The second kappa shape index (κ2) is 5.20. The maximum Gasteiger partial charge on any atom is 0.196 e. The third-order valence-corrected chi connectivity index (χ3v) is 5.09. The SMILES string of the molecule is Nc1cc(F)c(F)cc1C(=O)c1csc2c(Br)cccc12. The van der Waals surface area contributed by atoms with Crippen molar-refractivity contribution in [3.8, 4) is 0 Å². The fourth-order valence-corrected chi connectivity index (χ4v) is 3.70. The van der Waals surface area contributed by atoms with Crippen molar-refractivity contribution >= 4 is 48.8 Å². The Kier molecular flexibility index (Phi) is 3.51. The molecule has 2 aromatic carbocycles. The van der Waals surface area contributed by atoms with E-state index in [1.54, 1.807) is 11.4 Å². The van der Waals surface area contributed by atoms with Crippen LogP contribution in [0.5, 0.6) is 0 Å². The van der Waals surface area contributed by atoms with Crippen molar-refractivity contribution in [2.45, 2.75) is 0 Å². The van der Waals surface area contributed by atoms with E-state index in [0.29, 0.717) is 5.56 Å². The molecule has 0 amide bonds. The number of benzene rings is 2. The van der Waals surface area contributed by atoms with Crippen LogP contribution in [0.3, 0.4) is 0 Å². The zero-order valence-electron chi connectivity index (χ0n) is 10.5. The van der Waals surface area contributed by atoms with E-state index < -0.39 is 17.4 Å². The zero-order valence-corrected chi connectivity index (χ0v) is 12.9. The maximum atomic E-state index is 13.4. The van der Waals surface area contributed by atoms with Gasteiger partial charge in [-0.25, -0.2) is 8.78 Å². The van der Waals surface area contributed by atoms with Gasteiger partial charge in [-0.1, -0.05) is 12.1 Å². The maximum absolute atomic E-state index is 13.4. The average molecular weight is 368 g/mol. The van der Waals surface area contributed by atoms with Gasteiger partial charge in [0.2, 0.25) is 0 Å². The fourth-order valence-electron chi connectivity index (χ4n) is 2.10. The minimum atomic E-state index is -1.09. The molecule has 0 aliphatic rings. The molecule has 2 nitrogen and oxygen atoms in total. The molecule has 1 aromatic heterocycles. The molecule has 0 aliphatic carbocycles. The molecule has 0 radical (unpaired) electrons. The highest BCUT2D eigenvalue weighted by Crippen LogP contribution is 2.34. The van der Waals surface area contributed by atoms with Crippen molar-refractivity contribution in [2.75, 3.05) is 5.73 Å². The number of thiophene rings is 1. The van der Waals surface area contributed by atoms with E-state index in [0.717, 1.165) is 26.7 Å². The highest BCUT2D eigenvalue weighted by molar-refractivity contribution is 9.10. The number of nitrogens with two attached hydrogens (primary N) is 1. The Morgan fingerprint density at radius 2 is 1.86 bits per heavy atom. The molecule has 0 saturated heterocycles. The molecule has 0 saturated carbocycles. The quantitative estimate of drug-likeness (QED) is 0.524. The normalized spacial score (nSPS) is 11.0. The van der Waals surface area contributed by atoms with Crippen LogP contribution >= 0.6 is 27.3 Å².